The number of ether oxygens (including phenoxy) is 1. The molecular formula is C23H24FN3O3S. The van der Waals surface area contributed by atoms with E-state index < -0.39 is 16.7 Å². The van der Waals surface area contributed by atoms with E-state index in [2.05, 4.69) is 6.07 Å². The fraction of sp³-hybridized carbons (Fsp3) is 0.348. The van der Waals surface area contributed by atoms with Gasteiger partial charge >= 0.3 is 0 Å². The van der Waals surface area contributed by atoms with Gasteiger partial charge in [0.05, 0.1) is 27.7 Å². The van der Waals surface area contributed by atoms with E-state index in [4.69, 9.17) is 4.74 Å². The number of aromatic nitrogens is 1. The molecule has 0 unspecified atom stereocenters. The average molecular weight is 442 g/mol. The van der Waals surface area contributed by atoms with E-state index >= 15 is 0 Å². The van der Waals surface area contributed by atoms with Crippen molar-refractivity contribution in [2.45, 2.75) is 31.6 Å². The number of benzene rings is 2. The van der Waals surface area contributed by atoms with Crippen LogP contribution in [0.3, 0.4) is 0 Å². The summed E-state index contributed by atoms with van der Waals surface area (Å²) in [5, 5.41) is 10.4. The molecule has 1 aliphatic rings. The second-order valence-electron chi connectivity index (χ2n) is 7.55. The van der Waals surface area contributed by atoms with Gasteiger partial charge in [0, 0.05) is 25.0 Å². The third kappa shape index (κ3) is 3.74. The minimum atomic E-state index is -3.32. The summed E-state index contributed by atoms with van der Waals surface area (Å²) < 4.78 is 46.3. The number of aryl methyl sites for hydroxylation is 1. The van der Waals surface area contributed by atoms with Crippen LogP contribution in [-0.4, -0.2) is 38.6 Å². The van der Waals surface area contributed by atoms with Crippen molar-refractivity contribution in [1.82, 2.24) is 4.57 Å². The standard InChI is InChI=1S/C23H24FN3O3S/c1-3-27-22-14-18(30-13-12-24)8-11-20(22)21(15-25)23(27)16-4-6-17(7-5-16)26(2)31(28,29)19-9-10-19/h4-8,11,14,19H,3,9-10,12-13H2,1-2H3. The maximum absolute atomic E-state index is 12.5. The van der Waals surface area contributed by atoms with Crippen LogP contribution in [0.4, 0.5) is 10.1 Å². The quantitative estimate of drug-likeness (QED) is 0.517. The minimum absolute atomic E-state index is 0.0188. The summed E-state index contributed by atoms with van der Waals surface area (Å²) in [4.78, 5) is 0. The molecule has 1 heterocycles. The summed E-state index contributed by atoms with van der Waals surface area (Å²) in [5.41, 5.74) is 3.56. The van der Waals surface area contributed by atoms with E-state index in [1.165, 1.54) is 4.31 Å². The molecule has 0 aliphatic heterocycles. The fourth-order valence-electron chi connectivity index (χ4n) is 3.88. The molecular weight excluding hydrogens is 417 g/mol. The molecule has 0 saturated heterocycles. The highest BCUT2D eigenvalue weighted by molar-refractivity contribution is 7.93. The lowest BCUT2D eigenvalue weighted by atomic mass is 10.1. The van der Waals surface area contributed by atoms with Gasteiger partial charge in [0.2, 0.25) is 10.0 Å². The van der Waals surface area contributed by atoms with Crippen molar-refractivity contribution >= 4 is 26.6 Å². The monoisotopic (exact) mass is 441 g/mol. The average Bonchev–Trinajstić information content (AvgIpc) is 3.60. The van der Waals surface area contributed by atoms with Crippen molar-refractivity contribution < 1.29 is 17.5 Å². The molecule has 31 heavy (non-hydrogen) atoms. The van der Waals surface area contributed by atoms with Gasteiger partial charge in [-0.2, -0.15) is 5.26 Å². The SMILES string of the molecule is CCn1c(-c2ccc(N(C)S(=O)(=O)C3CC3)cc2)c(C#N)c2ccc(OCCF)cc21. The normalized spacial score (nSPS) is 13.9. The van der Waals surface area contributed by atoms with E-state index in [-0.39, 0.29) is 11.9 Å². The molecule has 162 valence electrons. The Kier molecular flexibility index (Phi) is 5.63. The van der Waals surface area contributed by atoms with Gasteiger partial charge in [0.1, 0.15) is 25.1 Å². The zero-order chi connectivity index (χ0) is 22.2. The van der Waals surface area contributed by atoms with Crippen molar-refractivity contribution in [3.8, 4) is 23.1 Å². The lowest BCUT2D eigenvalue weighted by molar-refractivity contribution is 0.273. The number of anilines is 1. The van der Waals surface area contributed by atoms with Crippen molar-refractivity contribution in [3.05, 3.63) is 48.0 Å². The van der Waals surface area contributed by atoms with E-state index in [0.29, 0.717) is 36.4 Å². The van der Waals surface area contributed by atoms with Crippen LogP contribution in [0.25, 0.3) is 22.2 Å². The Morgan fingerprint density at radius 3 is 2.52 bits per heavy atom. The maximum atomic E-state index is 12.5. The molecule has 0 N–H and O–H groups in total. The molecule has 0 bridgehead atoms. The Morgan fingerprint density at radius 1 is 1.23 bits per heavy atom. The molecule has 0 radical (unpaired) electrons. The third-order valence-electron chi connectivity index (χ3n) is 5.64. The number of nitrogens with zero attached hydrogens (tertiary/aromatic N) is 3. The first-order chi connectivity index (χ1) is 14.9. The molecule has 0 spiro atoms. The highest BCUT2D eigenvalue weighted by Crippen LogP contribution is 2.37. The Bertz CT molecular complexity index is 1260. The Labute approximate surface area is 181 Å². The topological polar surface area (TPSA) is 75.3 Å². The zero-order valence-corrected chi connectivity index (χ0v) is 18.3. The molecule has 1 aliphatic carbocycles. The first-order valence-electron chi connectivity index (χ1n) is 10.3. The smallest absolute Gasteiger partial charge is 0.237 e. The van der Waals surface area contributed by atoms with Crippen LogP contribution in [0.1, 0.15) is 25.3 Å². The number of alkyl halides is 1. The number of rotatable bonds is 8. The fourth-order valence-corrected chi connectivity index (χ4v) is 5.48. The predicted molar refractivity (Wildman–Crippen MR) is 120 cm³/mol. The lowest BCUT2D eigenvalue weighted by Crippen LogP contribution is -2.29. The van der Waals surface area contributed by atoms with Gasteiger partial charge in [-0.05, 0) is 49.6 Å². The minimum Gasteiger partial charge on any atom is -0.491 e. The van der Waals surface area contributed by atoms with Gasteiger partial charge in [-0.3, -0.25) is 4.31 Å². The van der Waals surface area contributed by atoms with Crippen molar-refractivity contribution in [2.24, 2.45) is 0 Å². The van der Waals surface area contributed by atoms with E-state index in [1.807, 2.05) is 35.8 Å². The van der Waals surface area contributed by atoms with Gasteiger partial charge in [-0.15, -0.1) is 0 Å². The Hall–Kier alpha value is -3.05. The van der Waals surface area contributed by atoms with Crippen molar-refractivity contribution in [3.63, 3.8) is 0 Å². The molecule has 3 aromatic rings. The first-order valence-corrected chi connectivity index (χ1v) is 11.8. The summed E-state index contributed by atoms with van der Waals surface area (Å²) in [6, 6.07) is 14.9. The van der Waals surface area contributed by atoms with Gasteiger partial charge in [-0.25, -0.2) is 12.8 Å². The van der Waals surface area contributed by atoms with Crippen LogP contribution >= 0.6 is 0 Å². The summed E-state index contributed by atoms with van der Waals surface area (Å²) in [5.74, 6) is 0.552. The second kappa shape index (κ2) is 8.23. The highest BCUT2D eigenvalue weighted by atomic mass is 32.2. The number of sulfonamides is 1. The predicted octanol–water partition coefficient (Wildman–Crippen LogP) is 4.48. The lowest BCUT2D eigenvalue weighted by Gasteiger charge is -2.19. The van der Waals surface area contributed by atoms with Crippen LogP contribution in [0, 0.1) is 11.3 Å². The van der Waals surface area contributed by atoms with Gasteiger partial charge in [0.15, 0.2) is 0 Å². The summed E-state index contributed by atoms with van der Waals surface area (Å²) in [6.07, 6.45) is 1.42. The van der Waals surface area contributed by atoms with E-state index in [1.54, 1.807) is 25.2 Å². The molecule has 2 aromatic carbocycles. The van der Waals surface area contributed by atoms with Crippen molar-refractivity contribution in [1.29, 1.82) is 5.26 Å². The van der Waals surface area contributed by atoms with Gasteiger partial charge in [0.25, 0.3) is 0 Å². The zero-order valence-electron chi connectivity index (χ0n) is 17.5. The molecule has 6 nitrogen and oxygen atoms in total. The number of nitriles is 1. The largest absolute Gasteiger partial charge is 0.491 e. The molecule has 0 amide bonds. The number of hydrogen-bond donors (Lipinski definition) is 0. The molecule has 1 saturated carbocycles. The highest BCUT2D eigenvalue weighted by Gasteiger charge is 2.38. The van der Waals surface area contributed by atoms with Crippen LogP contribution in [0.15, 0.2) is 42.5 Å². The Balaban J connectivity index is 1.77. The molecule has 4 rings (SSSR count). The Morgan fingerprint density at radius 2 is 1.94 bits per heavy atom. The van der Waals surface area contributed by atoms with Crippen LogP contribution in [-0.2, 0) is 16.6 Å². The summed E-state index contributed by atoms with van der Waals surface area (Å²) in [7, 11) is -1.75. The van der Waals surface area contributed by atoms with Crippen molar-refractivity contribution in [2.75, 3.05) is 24.6 Å². The van der Waals surface area contributed by atoms with Crippen LogP contribution < -0.4 is 9.04 Å². The number of halogens is 1. The summed E-state index contributed by atoms with van der Waals surface area (Å²) >= 11 is 0. The van der Waals surface area contributed by atoms with Crippen LogP contribution in [0.2, 0.25) is 0 Å². The molecule has 1 fully saturated rings. The summed E-state index contributed by atoms with van der Waals surface area (Å²) in [6.45, 7) is 2.02. The van der Waals surface area contributed by atoms with E-state index in [9.17, 15) is 18.1 Å². The number of fused-ring (bicyclic) bond motifs is 1. The van der Waals surface area contributed by atoms with Crippen LogP contribution in [0.5, 0.6) is 5.75 Å². The maximum Gasteiger partial charge on any atom is 0.237 e. The number of hydrogen-bond acceptors (Lipinski definition) is 4. The first kappa shape index (κ1) is 21.2. The van der Waals surface area contributed by atoms with E-state index in [0.717, 1.165) is 22.2 Å². The molecule has 0 atom stereocenters. The molecule has 1 aromatic heterocycles. The van der Waals surface area contributed by atoms with Gasteiger partial charge in [-0.1, -0.05) is 12.1 Å². The second-order valence-corrected chi connectivity index (χ2v) is 9.80. The third-order valence-corrected chi connectivity index (χ3v) is 7.93. The van der Waals surface area contributed by atoms with Gasteiger partial charge < -0.3 is 9.30 Å². The molecule has 8 heteroatoms.